The molecule has 1 aromatic carbocycles. The van der Waals surface area contributed by atoms with Crippen LogP contribution in [0.2, 0.25) is 0 Å². The van der Waals surface area contributed by atoms with E-state index in [1.807, 2.05) is 42.5 Å². The van der Waals surface area contributed by atoms with Crippen molar-refractivity contribution in [1.82, 2.24) is 0 Å². The fraction of sp³-hybridized carbons (Fsp3) is 0.250. The van der Waals surface area contributed by atoms with Crippen molar-refractivity contribution in [1.29, 1.82) is 0 Å². The standard InChI is InChI=1S/C16H16O4/c1-11(20-12(2)17)15-14(10-19-16(15)18)9-8-13-6-4-3-5-7-13/h3-9,14H,10H2,1-2H3/b9-8+,15-11-. The molecule has 2 rings (SSSR count). The Morgan fingerprint density at radius 2 is 2.00 bits per heavy atom. The van der Waals surface area contributed by atoms with Gasteiger partial charge in [-0.3, -0.25) is 4.79 Å². The molecule has 0 aromatic heterocycles. The van der Waals surface area contributed by atoms with E-state index in [1.165, 1.54) is 6.92 Å². The maximum absolute atomic E-state index is 11.7. The van der Waals surface area contributed by atoms with Crippen molar-refractivity contribution < 1.29 is 19.1 Å². The van der Waals surface area contributed by atoms with E-state index in [1.54, 1.807) is 6.92 Å². The van der Waals surface area contributed by atoms with Crippen LogP contribution >= 0.6 is 0 Å². The zero-order valence-corrected chi connectivity index (χ0v) is 11.5. The first-order chi connectivity index (χ1) is 9.58. The highest BCUT2D eigenvalue weighted by atomic mass is 16.6. The lowest BCUT2D eigenvalue weighted by Crippen LogP contribution is -2.08. The summed E-state index contributed by atoms with van der Waals surface area (Å²) in [5, 5.41) is 0. The van der Waals surface area contributed by atoms with Crippen LogP contribution in [0.3, 0.4) is 0 Å². The van der Waals surface area contributed by atoms with Gasteiger partial charge < -0.3 is 9.47 Å². The minimum Gasteiger partial charge on any atom is -0.461 e. The van der Waals surface area contributed by atoms with Gasteiger partial charge in [0.05, 0.1) is 5.57 Å². The largest absolute Gasteiger partial charge is 0.461 e. The molecule has 0 saturated carbocycles. The molecule has 1 aliphatic heterocycles. The number of esters is 2. The van der Waals surface area contributed by atoms with Crippen LogP contribution in [0.1, 0.15) is 19.4 Å². The summed E-state index contributed by atoms with van der Waals surface area (Å²) in [7, 11) is 0. The highest BCUT2D eigenvalue weighted by Gasteiger charge is 2.32. The van der Waals surface area contributed by atoms with E-state index < -0.39 is 11.9 Å². The van der Waals surface area contributed by atoms with E-state index in [0.29, 0.717) is 11.3 Å². The third-order valence-electron chi connectivity index (χ3n) is 2.98. The summed E-state index contributed by atoms with van der Waals surface area (Å²) in [5.41, 5.74) is 1.45. The SMILES string of the molecule is CC(=O)O/C(C)=C1\C(=O)OCC1/C=C/c1ccccc1. The molecule has 4 heteroatoms. The second kappa shape index (κ2) is 6.19. The van der Waals surface area contributed by atoms with E-state index in [9.17, 15) is 9.59 Å². The van der Waals surface area contributed by atoms with E-state index >= 15 is 0 Å². The van der Waals surface area contributed by atoms with Gasteiger partial charge >= 0.3 is 11.9 Å². The number of rotatable bonds is 3. The van der Waals surface area contributed by atoms with Crippen molar-refractivity contribution in [3.05, 3.63) is 53.3 Å². The van der Waals surface area contributed by atoms with Crippen LogP contribution in [0.15, 0.2) is 47.7 Å². The van der Waals surface area contributed by atoms with Gasteiger partial charge in [-0.05, 0) is 12.5 Å². The average molecular weight is 272 g/mol. The minimum atomic E-state index is -0.444. The third-order valence-corrected chi connectivity index (χ3v) is 2.98. The molecular weight excluding hydrogens is 256 g/mol. The Labute approximate surface area is 117 Å². The number of cyclic esters (lactones) is 1. The molecule has 104 valence electrons. The summed E-state index contributed by atoms with van der Waals surface area (Å²) in [6.07, 6.45) is 3.82. The van der Waals surface area contributed by atoms with Crippen LogP contribution < -0.4 is 0 Å². The molecule has 0 radical (unpaired) electrons. The van der Waals surface area contributed by atoms with Gasteiger partial charge in [0.15, 0.2) is 0 Å². The molecule has 0 amide bonds. The zero-order valence-electron chi connectivity index (χ0n) is 11.5. The van der Waals surface area contributed by atoms with Crippen LogP contribution in [0.25, 0.3) is 6.08 Å². The van der Waals surface area contributed by atoms with Crippen molar-refractivity contribution in [3.63, 3.8) is 0 Å². The number of allylic oxidation sites excluding steroid dienone is 1. The van der Waals surface area contributed by atoms with Crippen molar-refractivity contribution in [3.8, 4) is 0 Å². The van der Waals surface area contributed by atoms with Crippen LogP contribution in [-0.4, -0.2) is 18.5 Å². The number of hydrogen-bond acceptors (Lipinski definition) is 4. The summed E-state index contributed by atoms with van der Waals surface area (Å²) in [6, 6.07) is 9.76. The van der Waals surface area contributed by atoms with Crippen LogP contribution in [-0.2, 0) is 19.1 Å². The van der Waals surface area contributed by atoms with Gasteiger partial charge in [0, 0.05) is 12.8 Å². The monoisotopic (exact) mass is 272 g/mol. The molecule has 1 atom stereocenters. The van der Waals surface area contributed by atoms with Gasteiger partial charge in [-0.2, -0.15) is 0 Å². The summed E-state index contributed by atoms with van der Waals surface area (Å²) in [6.45, 7) is 3.18. The molecule has 4 nitrogen and oxygen atoms in total. The van der Waals surface area contributed by atoms with E-state index in [-0.39, 0.29) is 12.5 Å². The van der Waals surface area contributed by atoms with E-state index in [0.717, 1.165) is 5.56 Å². The Kier molecular flexibility index (Phi) is 4.35. The summed E-state index contributed by atoms with van der Waals surface area (Å²) >= 11 is 0. The first-order valence-corrected chi connectivity index (χ1v) is 6.37. The first-order valence-electron chi connectivity index (χ1n) is 6.37. The fourth-order valence-electron chi connectivity index (χ4n) is 2.10. The Bertz CT molecular complexity index is 569. The van der Waals surface area contributed by atoms with Crippen LogP contribution in [0.4, 0.5) is 0 Å². The molecule has 1 saturated heterocycles. The summed E-state index contributed by atoms with van der Waals surface area (Å²) in [4.78, 5) is 22.7. The summed E-state index contributed by atoms with van der Waals surface area (Å²) in [5.74, 6) is -0.753. The first kappa shape index (κ1) is 14.1. The maximum atomic E-state index is 11.7. The minimum absolute atomic E-state index is 0.193. The van der Waals surface area contributed by atoms with E-state index in [2.05, 4.69) is 0 Å². The van der Waals surface area contributed by atoms with Gasteiger partial charge in [-0.1, -0.05) is 42.5 Å². The number of benzene rings is 1. The van der Waals surface area contributed by atoms with E-state index in [4.69, 9.17) is 9.47 Å². The molecule has 0 aliphatic carbocycles. The van der Waals surface area contributed by atoms with Gasteiger partial charge in [-0.25, -0.2) is 4.79 Å². The highest BCUT2D eigenvalue weighted by molar-refractivity contribution is 5.92. The van der Waals surface area contributed by atoms with Crippen LogP contribution in [0.5, 0.6) is 0 Å². The quantitative estimate of drug-likeness (QED) is 0.482. The Morgan fingerprint density at radius 3 is 2.65 bits per heavy atom. The molecule has 1 fully saturated rings. The second-order valence-corrected chi connectivity index (χ2v) is 4.54. The van der Waals surface area contributed by atoms with Gasteiger partial charge in [0.25, 0.3) is 0 Å². The molecule has 1 unspecified atom stereocenters. The normalized spacial score (nSPS) is 20.9. The highest BCUT2D eigenvalue weighted by Crippen LogP contribution is 2.27. The lowest BCUT2D eigenvalue weighted by molar-refractivity contribution is -0.137. The second-order valence-electron chi connectivity index (χ2n) is 4.54. The number of carbonyl (C=O) groups excluding carboxylic acids is 2. The maximum Gasteiger partial charge on any atom is 0.338 e. The third kappa shape index (κ3) is 3.35. The molecule has 1 aliphatic rings. The van der Waals surface area contributed by atoms with Crippen LogP contribution in [0, 0.1) is 5.92 Å². The Morgan fingerprint density at radius 1 is 1.30 bits per heavy atom. The molecule has 1 aromatic rings. The summed E-state index contributed by atoms with van der Waals surface area (Å²) < 4.78 is 10.0. The molecular formula is C16H16O4. The van der Waals surface area contributed by atoms with Gasteiger partial charge in [0.2, 0.25) is 0 Å². The molecule has 0 N–H and O–H groups in total. The predicted molar refractivity (Wildman–Crippen MR) is 74.4 cm³/mol. The van der Waals surface area contributed by atoms with Gasteiger partial charge in [-0.15, -0.1) is 0 Å². The fourth-order valence-corrected chi connectivity index (χ4v) is 2.10. The Balaban J connectivity index is 2.20. The number of carbonyl (C=O) groups is 2. The number of hydrogen-bond donors (Lipinski definition) is 0. The van der Waals surface area contributed by atoms with Crippen molar-refractivity contribution in [2.24, 2.45) is 5.92 Å². The molecule has 20 heavy (non-hydrogen) atoms. The molecule has 0 spiro atoms. The van der Waals surface area contributed by atoms with Crippen molar-refractivity contribution in [2.75, 3.05) is 6.61 Å². The lowest BCUT2D eigenvalue weighted by Gasteiger charge is -2.07. The predicted octanol–water partition coefficient (Wildman–Crippen LogP) is 2.71. The van der Waals surface area contributed by atoms with Crippen molar-refractivity contribution in [2.45, 2.75) is 13.8 Å². The Hall–Kier alpha value is -2.36. The zero-order chi connectivity index (χ0) is 14.5. The smallest absolute Gasteiger partial charge is 0.338 e. The topological polar surface area (TPSA) is 52.6 Å². The average Bonchev–Trinajstić information content (AvgIpc) is 2.78. The van der Waals surface area contributed by atoms with Crippen molar-refractivity contribution >= 4 is 18.0 Å². The molecule has 1 heterocycles. The molecule has 0 bridgehead atoms. The number of ether oxygens (including phenoxy) is 2. The van der Waals surface area contributed by atoms with Gasteiger partial charge in [0.1, 0.15) is 12.4 Å². The lowest BCUT2D eigenvalue weighted by atomic mass is 9.99.